The highest BCUT2D eigenvalue weighted by atomic mass is 79.9. The lowest BCUT2D eigenvalue weighted by Gasteiger charge is -2.29. The van der Waals surface area contributed by atoms with Crippen LogP contribution in [0.25, 0.3) is 21.9 Å². The third kappa shape index (κ3) is 3.18. The van der Waals surface area contributed by atoms with Crippen LogP contribution in [0.5, 0.6) is 0 Å². The van der Waals surface area contributed by atoms with E-state index in [2.05, 4.69) is 30.9 Å². The van der Waals surface area contributed by atoms with Crippen molar-refractivity contribution in [2.45, 2.75) is 44.0 Å². The summed E-state index contributed by atoms with van der Waals surface area (Å²) in [6.07, 6.45) is -1.41. The zero-order valence-electron chi connectivity index (χ0n) is 17.3. The van der Waals surface area contributed by atoms with Crippen LogP contribution >= 0.6 is 15.9 Å². The van der Waals surface area contributed by atoms with Crippen LogP contribution in [-0.2, 0) is 4.74 Å². The number of hydrogen-bond donors (Lipinski definition) is 4. The van der Waals surface area contributed by atoms with Crippen molar-refractivity contribution >= 4 is 43.7 Å². The molecule has 5 rings (SSSR count). The quantitative estimate of drug-likeness (QED) is 0.336. The first-order valence-corrected chi connectivity index (χ1v) is 10.9. The van der Waals surface area contributed by atoms with Gasteiger partial charge < -0.3 is 30.4 Å². The van der Waals surface area contributed by atoms with E-state index in [1.807, 2.05) is 25.1 Å². The summed E-state index contributed by atoms with van der Waals surface area (Å²) >= 11 is 3.36. The Labute approximate surface area is 191 Å². The van der Waals surface area contributed by atoms with Crippen LogP contribution in [-0.4, -0.2) is 52.6 Å². The normalized spacial score (nSPS) is 26.8. The second-order valence-corrected chi connectivity index (χ2v) is 9.14. The number of halogens is 1. The van der Waals surface area contributed by atoms with E-state index in [9.17, 15) is 15.3 Å². The largest absolute Gasteiger partial charge is 0.386 e. The van der Waals surface area contributed by atoms with Crippen molar-refractivity contribution in [1.29, 1.82) is 0 Å². The molecular formula is C22H22BrN5O4. The molecule has 0 saturated carbocycles. The van der Waals surface area contributed by atoms with Gasteiger partial charge in [-0.05, 0) is 53.5 Å². The van der Waals surface area contributed by atoms with Crippen LogP contribution in [0, 0.1) is 6.92 Å². The minimum absolute atomic E-state index is 0.334. The smallest absolute Gasteiger partial charge is 0.164 e. The Balaban J connectivity index is 1.51. The molecule has 3 aromatic heterocycles. The minimum Gasteiger partial charge on any atom is -0.386 e. The van der Waals surface area contributed by atoms with E-state index in [1.54, 1.807) is 22.9 Å². The maximum Gasteiger partial charge on any atom is 0.164 e. The Hall–Kier alpha value is -2.63. The number of pyridine rings is 1. The average molecular weight is 500 g/mol. The fourth-order valence-electron chi connectivity index (χ4n) is 4.27. The number of anilines is 1. The van der Waals surface area contributed by atoms with Gasteiger partial charge in [0.1, 0.15) is 41.7 Å². The van der Waals surface area contributed by atoms with Crippen molar-refractivity contribution in [2.24, 2.45) is 0 Å². The van der Waals surface area contributed by atoms with Gasteiger partial charge in [0.25, 0.3) is 0 Å². The summed E-state index contributed by atoms with van der Waals surface area (Å²) in [5.74, 6) is 0.334. The predicted octanol–water partition coefficient (Wildman–Crippen LogP) is 2.38. The molecule has 10 heteroatoms. The van der Waals surface area contributed by atoms with Crippen LogP contribution in [0.15, 0.2) is 47.3 Å². The molecule has 32 heavy (non-hydrogen) atoms. The molecule has 9 nitrogen and oxygen atoms in total. The molecule has 1 fully saturated rings. The van der Waals surface area contributed by atoms with E-state index in [0.717, 1.165) is 16.5 Å². The van der Waals surface area contributed by atoms with Crippen molar-refractivity contribution in [3.8, 4) is 0 Å². The number of nitrogens with zero attached hydrogens (tertiary/aromatic N) is 4. The topological polar surface area (TPSA) is 140 Å². The molecule has 1 saturated heterocycles. The number of rotatable bonds is 3. The SMILES string of the molecule is Cc1ncnc2c1ccn2[C@@H]1O[C@H](C(O)c2ccc3cc(Br)c(N)nc3c2)[C@@](C)(O)[C@H]1O. The van der Waals surface area contributed by atoms with E-state index in [4.69, 9.17) is 10.5 Å². The first-order valence-electron chi connectivity index (χ1n) is 10.1. The van der Waals surface area contributed by atoms with Gasteiger partial charge in [0.05, 0.1) is 15.7 Å². The summed E-state index contributed by atoms with van der Waals surface area (Å²) in [7, 11) is 0. The summed E-state index contributed by atoms with van der Waals surface area (Å²) in [5, 5.41) is 34.8. The van der Waals surface area contributed by atoms with E-state index < -0.39 is 30.1 Å². The van der Waals surface area contributed by atoms with Crippen LogP contribution in [0.3, 0.4) is 0 Å². The number of nitrogen functional groups attached to an aromatic ring is 1. The van der Waals surface area contributed by atoms with E-state index >= 15 is 0 Å². The van der Waals surface area contributed by atoms with Crippen molar-refractivity contribution in [2.75, 3.05) is 5.73 Å². The molecule has 4 heterocycles. The van der Waals surface area contributed by atoms with Crippen molar-refractivity contribution < 1.29 is 20.1 Å². The first kappa shape index (κ1) is 21.2. The number of aliphatic hydroxyl groups excluding tert-OH is 2. The highest BCUT2D eigenvalue weighted by Crippen LogP contribution is 2.43. The molecule has 1 aliphatic heterocycles. The molecule has 1 aromatic carbocycles. The molecule has 5 N–H and O–H groups in total. The van der Waals surface area contributed by atoms with Crippen LogP contribution in [0.4, 0.5) is 5.82 Å². The number of nitrogens with two attached hydrogens (primary N) is 1. The maximum absolute atomic E-state index is 11.1. The number of aryl methyl sites for hydroxylation is 1. The molecule has 5 atom stereocenters. The summed E-state index contributed by atoms with van der Waals surface area (Å²) < 4.78 is 8.39. The summed E-state index contributed by atoms with van der Waals surface area (Å²) in [6.45, 7) is 3.31. The van der Waals surface area contributed by atoms with Gasteiger partial charge in [-0.2, -0.15) is 0 Å². The van der Waals surface area contributed by atoms with Crippen molar-refractivity contribution in [3.63, 3.8) is 0 Å². The summed E-state index contributed by atoms with van der Waals surface area (Å²) in [4.78, 5) is 12.8. The number of ether oxygens (including phenoxy) is 1. The predicted molar refractivity (Wildman–Crippen MR) is 122 cm³/mol. The molecule has 166 valence electrons. The van der Waals surface area contributed by atoms with Crippen LogP contribution < -0.4 is 5.73 Å². The third-order valence-electron chi connectivity index (χ3n) is 6.16. The van der Waals surface area contributed by atoms with Gasteiger partial charge in [-0.25, -0.2) is 15.0 Å². The number of benzene rings is 1. The highest BCUT2D eigenvalue weighted by Gasteiger charge is 2.55. The summed E-state index contributed by atoms with van der Waals surface area (Å²) in [5.41, 5.74) is 6.61. The van der Waals surface area contributed by atoms with Gasteiger partial charge in [0.15, 0.2) is 6.23 Å². The monoisotopic (exact) mass is 499 g/mol. The Morgan fingerprint density at radius 1 is 1.25 bits per heavy atom. The van der Waals surface area contributed by atoms with Gasteiger partial charge in [-0.3, -0.25) is 0 Å². The highest BCUT2D eigenvalue weighted by molar-refractivity contribution is 9.10. The molecule has 1 unspecified atom stereocenters. The molecular weight excluding hydrogens is 478 g/mol. The van der Waals surface area contributed by atoms with E-state index in [-0.39, 0.29) is 0 Å². The van der Waals surface area contributed by atoms with Gasteiger partial charge in [-0.15, -0.1) is 0 Å². The molecule has 0 spiro atoms. The third-order valence-corrected chi connectivity index (χ3v) is 6.80. The van der Waals surface area contributed by atoms with E-state index in [0.29, 0.717) is 27.0 Å². The van der Waals surface area contributed by atoms with Gasteiger partial charge >= 0.3 is 0 Å². The Kier molecular flexibility index (Phi) is 4.95. The average Bonchev–Trinajstić information content (AvgIpc) is 3.28. The molecule has 0 bridgehead atoms. The lowest BCUT2D eigenvalue weighted by Crippen LogP contribution is -2.47. The number of aliphatic hydroxyl groups is 3. The first-order chi connectivity index (χ1) is 15.2. The standard InChI is InChI=1S/C22H22BrN5O4/c1-10-13-5-6-28(20(13)26-9-25-10)21-17(30)22(2,31)18(32-21)16(29)12-4-3-11-7-14(23)19(24)27-15(11)8-12/h3-9,16-18,21,29-31H,1-2H3,(H2,24,27)/t16?,17-,18+,21+,22-/m0/s1. The molecule has 0 radical (unpaired) electrons. The second-order valence-electron chi connectivity index (χ2n) is 8.29. The number of fused-ring (bicyclic) bond motifs is 2. The lowest BCUT2D eigenvalue weighted by molar-refractivity contribution is -0.114. The molecule has 0 aliphatic carbocycles. The zero-order valence-corrected chi connectivity index (χ0v) is 18.9. The van der Waals surface area contributed by atoms with Gasteiger partial charge in [0, 0.05) is 17.0 Å². The molecule has 0 amide bonds. The summed E-state index contributed by atoms with van der Waals surface area (Å²) in [6, 6.07) is 8.91. The number of hydrogen-bond acceptors (Lipinski definition) is 8. The maximum atomic E-state index is 11.1. The van der Waals surface area contributed by atoms with Crippen LogP contribution in [0.1, 0.15) is 30.5 Å². The molecule has 1 aliphatic rings. The lowest BCUT2D eigenvalue weighted by atomic mass is 9.88. The molecule has 4 aromatic rings. The zero-order chi connectivity index (χ0) is 22.8. The minimum atomic E-state index is -1.73. The fourth-order valence-corrected chi connectivity index (χ4v) is 4.60. The van der Waals surface area contributed by atoms with Crippen molar-refractivity contribution in [1.82, 2.24) is 19.5 Å². The fraction of sp³-hybridized carbons (Fsp3) is 0.318. The Bertz CT molecular complexity index is 1340. The Morgan fingerprint density at radius 2 is 2.03 bits per heavy atom. The number of aromatic nitrogens is 4. The van der Waals surface area contributed by atoms with Gasteiger partial charge in [0.2, 0.25) is 0 Å². The van der Waals surface area contributed by atoms with Crippen molar-refractivity contribution in [3.05, 3.63) is 58.6 Å². The second kappa shape index (κ2) is 7.46. The van der Waals surface area contributed by atoms with Gasteiger partial charge in [-0.1, -0.05) is 12.1 Å². The Morgan fingerprint density at radius 3 is 2.81 bits per heavy atom. The van der Waals surface area contributed by atoms with E-state index in [1.165, 1.54) is 13.3 Å². The van der Waals surface area contributed by atoms with Crippen LogP contribution in [0.2, 0.25) is 0 Å².